The van der Waals surface area contributed by atoms with E-state index < -0.39 is 0 Å². The predicted molar refractivity (Wildman–Crippen MR) is 96.5 cm³/mol. The van der Waals surface area contributed by atoms with Gasteiger partial charge in [0.25, 0.3) is 5.91 Å². The molecule has 3 rings (SSSR count). The van der Waals surface area contributed by atoms with Crippen LogP contribution in [-0.4, -0.2) is 54.9 Å². The summed E-state index contributed by atoms with van der Waals surface area (Å²) in [5, 5.41) is 0.674. The fourth-order valence-corrected chi connectivity index (χ4v) is 3.22. The van der Waals surface area contributed by atoms with Gasteiger partial charge in [-0.3, -0.25) is 9.59 Å². The number of amides is 2. The second-order valence-electron chi connectivity index (χ2n) is 6.03. The van der Waals surface area contributed by atoms with Crippen molar-refractivity contribution in [1.82, 2.24) is 9.80 Å². The van der Waals surface area contributed by atoms with Crippen molar-refractivity contribution in [1.29, 1.82) is 0 Å². The first kappa shape index (κ1) is 17.4. The van der Waals surface area contributed by atoms with Gasteiger partial charge in [0.15, 0.2) is 0 Å². The maximum Gasteiger partial charge on any atom is 0.257 e. The molecule has 2 amide bonds. The first-order valence-electron chi connectivity index (χ1n) is 8.07. The van der Waals surface area contributed by atoms with Crippen LogP contribution in [0.15, 0.2) is 41.0 Å². The van der Waals surface area contributed by atoms with Crippen molar-refractivity contribution in [3.8, 4) is 5.75 Å². The lowest BCUT2D eigenvalue weighted by Gasteiger charge is -2.35. The number of allylic oxidation sites excluding steroid dienone is 3. The summed E-state index contributed by atoms with van der Waals surface area (Å²) in [6, 6.07) is 4.99. The quantitative estimate of drug-likeness (QED) is 0.836. The van der Waals surface area contributed by atoms with E-state index in [0.29, 0.717) is 60.2 Å². The van der Waals surface area contributed by atoms with Crippen molar-refractivity contribution in [3.05, 3.63) is 46.5 Å². The van der Waals surface area contributed by atoms with Gasteiger partial charge in [-0.25, -0.2) is 0 Å². The monoisotopic (exact) mass is 361 g/mol. The molecule has 0 atom stereocenters. The van der Waals surface area contributed by atoms with Crippen LogP contribution in [0.5, 0.6) is 5.75 Å². The topological polar surface area (TPSA) is 75.9 Å². The maximum atomic E-state index is 12.7. The molecule has 2 aliphatic rings. The lowest BCUT2D eigenvalue weighted by molar-refractivity contribution is -0.128. The number of methoxy groups -OCH3 is 1. The van der Waals surface area contributed by atoms with Crippen molar-refractivity contribution in [3.63, 3.8) is 0 Å². The SMILES string of the molecule is COc1cc(N)ccc1C(=O)N1CCN(C(=O)C2=CC=C(Cl)C2)CC1. The van der Waals surface area contributed by atoms with E-state index in [-0.39, 0.29) is 11.8 Å². The zero-order valence-corrected chi connectivity index (χ0v) is 14.8. The molecule has 0 radical (unpaired) electrons. The van der Waals surface area contributed by atoms with Gasteiger partial charge in [0.1, 0.15) is 5.75 Å². The summed E-state index contributed by atoms with van der Waals surface area (Å²) < 4.78 is 5.26. The van der Waals surface area contributed by atoms with Crippen LogP contribution in [0.3, 0.4) is 0 Å². The number of nitrogens with two attached hydrogens (primary N) is 1. The highest BCUT2D eigenvalue weighted by Crippen LogP contribution is 2.25. The van der Waals surface area contributed by atoms with E-state index in [9.17, 15) is 9.59 Å². The molecule has 1 aliphatic carbocycles. The number of halogens is 1. The number of ether oxygens (including phenoxy) is 1. The third-order valence-corrected chi connectivity index (χ3v) is 4.67. The second-order valence-corrected chi connectivity index (χ2v) is 6.51. The molecule has 2 N–H and O–H groups in total. The Morgan fingerprint density at radius 1 is 1.08 bits per heavy atom. The minimum atomic E-state index is -0.117. The molecule has 1 aromatic rings. The Balaban J connectivity index is 1.62. The molecule has 0 spiro atoms. The van der Waals surface area contributed by atoms with Crippen LogP contribution >= 0.6 is 11.6 Å². The van der Waals surface area contributed by atoms with Gasteiger partial charge in [0.05, 0.1) is 12.7 Å². The highest BCUT2D eigenvalue weighted by atomic mass is 35.5. The minimum Gasteiger partial charge on any atom is -0.496 e. The summed E-state index contributed by atoms with van der Waals surface area (Å²) in [5.74, 6) is 0.332. The lowest BCUT2D eigenvalue weighted by Crippen LogP contribution is -2.50. The molecular weight excluding hydrogens is 342 g/mol. The first-order valence-corrected chi connectivity index (χ1v) is 8.44. The van der Waals surface area contributed by atoms with Crippen molar-refractivity contribution < 1.29 is 14.3 Å². The Labute approximate surface area is 151 Å². The van der Waals surface area contributed by atoms with E-state index in [1.165, 1.54) is 7.11 Å². The summed E-state index contributed by atoms with van der Waals surface area (Å²) >= 11 is 5.93. The summed E-state index contributed by atoms with van der Waals surface area (Å²) in [6.07, 6.45) is 4.01. The van der Waals surface area contributed by atoms with Crippen LogP contribution in [0.25, 0.3) is 0 Å². The van der Waals surface area contributed by atoms with Gasteiger partial charge < -0.3 is 20.3 Å². The second kappa shape index (κ2) is 7.19. The summed E-state index contributed by atoms with van der Waals surface area (Å²) in [5.41, 5.74) is 7.45. The molecule has 1 saturated heterocycles. The van der Waals surface area contributed by atoms with Crippen LogP contribution < -0.4 is 10.5 Å². The molecule has 0 unspecified atom stereocenters. The highest BCUT2D eigenvalue weighted by Gasteiger charge is 2.28. The third kappa shape index (κ3) is 3.64. The average Bonchev–Trinajstić information content (AvgIpc) is 3.07. The Morgan fingerprint density at radius 3 is 2.28 bits per heavy atom. The minimum absolute atomic E-state index is 0.0101. The number of rotatable bonds is 3. The van der Waals surface area contributed by atoms with Gasteiger partial charge in [-0.1, -0.05) is 17.7 Å². The van der Waals surface area contributed by atoms with Gasteiger partial charge in [0, 0.05) is 55.0 Å². The smallest absolute Gasteiger partial charge is 0.257 e. The van der Waals surface area contributed by atoms with Crippen LogP contribution in [0.4, 0.5) is 5.69 Å². The maximum absolute atomic E-state index is 12.7. The number of anilines is 1. The van der Waals surface area contributed by atoms with Crippen molar-refractivity contribution >= 4 is 29.1 Å². The van der Waals surface area contributed by atoms with E-state index in [4.69, 9.17) is 22.1 Å². The number of piperazine rings is 1. The number of carbonyl (C=O) groups is 2. The van der Waals surface area contributed by atoms with Gasteiger partial charge in [-0.15, -0.1) is 0 Å². The largest absolute Gasteiger partial charge is 0.496 e. The standard InChI is InChI=1S/C18H20ClN3O3/c1-25-16-11-14(20)4-5-15(16)18(24)22-8-6-21(7-9-22)17(23)12-2-3-13(19)10-12/h2-5,11H,6-10,20H2,1H3. The molecule has 1 heterocycles. The zero-order valence-electron chi connectivity index (χ0n) is 14.0. The fourth-order valence-electron chi connectivity index (χ4n) is 3.01. The van der Waals surface area contributed by atoms with Gasteiger partial charge in [-0.2, -0.15) is 0 Å². The molecule has 1 fully saturated rings. The molecule has 0 aromatic heterocycles. The van der Waals surface area contributed by atoms with E-state index in [2.05, 4.69) is 0 Å². The number of carbonyl (C=O) groups excluding carboxylic acids is 2. The van der Waals surface area contributed by atoms with E-state index in [0.717, 1.165) is 0 Å². The average molecular weight is 362 g/mol. The van der Waals surface area contributed by atoms with Crippen molar-refractivity contribution in [2.75, 3.05) is 39.0 Å². The third-order valence-electron chi connectivity index (χ3n) is 4.41. The van der Waals surface area contributed by atoms with Gasteiger partial charge in [0.2, 0.25) is 5.91 Å². The Kier molecular flexibility index (Phi) is 4.99. The van der Waals surface area contributed by atoms with Crippen molar-refractivity contribution in [2.24, 2.45) is 0 Å². The van der Waals surface area contributed by atoms with Crippen molar-refractivity contribution in [2.45, 2.75) is 6.42 Å². The highest BCUT2D eigenvalue weighted by molar-refractivity contribution is 6.30. The number of benzene rings is 1. The lowest BCUT2D eigenvalue weighted by atomic mass is 10.1. The summed E-state index contributed by atoms with van der Waals surface area (Å²) in [6.45, 7) is 1.95. The molecular formula is C18H20ClN3O3. The Hall–Kier alpha value is -2.47. The molecule has 6 nitrogen and oxygen atoms in total. The number of nitrogens with zero attached hydrogens (tertiary/aromatic N) is 2. The van der Waals surface area contributed by atoms with Crippen LogP contribution in [0.2, 0.25) is 0 Å². The molecule has 1 aliphatic heterocycles. The molecule has 0 saturated carbocycles. The Bertz CT molecular complexity index is 765. The van der Waals surface area contributed by atoms with Gasteiger partial charge >= 0.3 is 0 Å². The fraction of sp³-hybridized carbons (Fsp3) is 0.333. The zero-order chi connectivity index (χ0) is 18.0. The molecule has 1 aromatic carbocycles. The molecule has 7 heteroatoms. The number of nitrogen functional groups attached to an aromatic ring is 1. The van der Waals surface area contributed by atoms with Crippen LogP contribution in [-0.2, 0) is 4.79 Å². The molecule has 0 bridgehead atoms. The molecule has 25 heavy (non-hydrogen) atoms. The summed E-state index contributed by atoms with van der Waals surface area (Å²) in [4.78, 5) is 28.7. The summed E-state index contributed by atoms with van der Waals surface area (Å²) in [7, 11) is 1.51. The van der Waals surface area contributed by atoms with E-state index in [1.807, 2.05) is 0 Å². The van der Waals surface area contributed by atoms with Gasteiger partial charge in [-0.05, 0) is 18.2 Å². The Morgan fingerprint density at radius 2 is 1.72 bits per heavy atom. The first-order chi connectivity index (χ1) is 12.0. The van der Waals surface area contributed by atoms with E-state index in [1.54, 1.807) is 40.2 Å². The van der Waals surface area contributed by atoms with E-state index >= 15 is 0 Å². The van der Waals surface area contributed by atoms with Crippen LogP contribution in [0.1, 0.15) is 16.8 Å². The molecule has 132 valence electrons. The number of hydrogen-bond acceptors (Lipinski definition) is 4. The predicted octanol–water partition coefficient (Wildman–Crippen LogP) is 2.01. The number of hydrogen-bond donors (Lipinski definition) is 1. The van der Waals surface area contributed by atoms with Crippen LogP contribution in [0, 0.1) is 0 Å². The normalized spacial score (nSPS) is 17.2.